The van der Waals surface area contributed by atoms with Gasteiger partial charge in [-0.05, 0) is 43.7 Å². The Hall–Kier alpha value is -2.03. The van der Waals surface area contributed by atoms with Gasteiger partial charge in [-0.15, -0.1) is 0 Å². The minimum absolute atomic E-state index is 0.0294. The molecule has 9 heteroatoms. The van der Waals surface area contributed by atoms with E-state index in [-0.39, 0.29) is 12.1 Å². The highest BCUT2D eigenvalue weighted by Crippen LogP contribution is 2.31. The Morgan fingerprint density at radius 1 is 1.29 bits per heavy atom. The fourth-order valence-electron chi connectivity index (χ4n) is 3.71. The molecule has 0 atom stereocenters. The van der Waals surface area contributed by atoms with Crippen LogP contribution in [0.3, 0.4) is 0 Å². The number of carbonyl (C=O) groups excluding carboxylic acids is 1. The number of halogens is 3. The number of piperidine rings is 1. The van der Waals surface area contributed by atoms with Crippen molar-refractivity contribution in [3.63, 3.8) is 0 Å². The molecule has 156 valence electrons. The smallest absolute Gasteiger partial charge is 0.381 e. The predicted octanol–water partition coefficient (Wildman–Crippen LogP) is 3.14. The largest absolute Gasteiger partial charge is 0.416 e. The normalized spacial score (nSPS) is 19.5. The predicted molar refractivity (Wildman–Crippen MR) is 99.2 cm³/mol. The zero-order valence-electron chi connectivity index (χ0n) is 16.0. The Morgan fingerprint density at radius 2 is 1.96 bits per heavy atom. The molecule has 6 nitrogen and oxygen atoms in total. The minimum Gasteiger partial charge on any atom is -0.381 e. The van der Waals surface area contributed by atoms with E-state index in [0.717, 1.165) is 37.8 Å². The average Bonchev–Trinajstić information content (AvgIpc) is 2.69. The molecule has 0 radical (unpaired) electrons. The number of pyridine rings is 1. The van der Waals surface area contributed by atoms with Gasteiger partial charge in [0, 0.05) is 52.1 Å². The molecule has 1 aromatic rings. The summed E-state index contributed by atoms with van der Waals surface area (Å²) in [6.07, 6.45) is 0.155. The Kier molecular flexibility index (Phi) is 6.64. The van der Waals surface area contributed by atoms with Gasteiger partial charge in [-0.1, -0.05) is 0 Å². The molecule has 1 N–H and O–H groups in total. The summed E-state index contributed by atoms with van der Waals surface area (Å²) in [6, 6.07) is 2.21. The first kappa shape index (κ1) is 20.7. The second-order valence-corrected chi connectivity index (χ2v) is 7.55. The molecule has 3 rings (SSSR count). The van der Waals surface area contributed by atoms with Crippen molar-refractivity contribution in [1.82, 2.24) is 15.2 Å². The molecule has 2 aliphatic rings. The number of hydrogen-bond acceptors (Lipinski definition) is 4. The van der Waals surface area contributed by atoms with Gasteiger partial charge in [0.15, 0.2) is 0 Å². The zero-order chi connectivity index (χ0) is 20.1. The third-order valence-corrected chi connectivity index (χ3v) is 5.45. The topological polar surface area (TPSA) is 57.7 Å². The molecule has 2 saturated heterocycles. The summed E-state index contributed by atoms with van der Waals surface area (Å²) in [5, 5.41) is 3.07. The van der Waals surface area contributed by atoms with Crippen molar-refractivity contribution in [2.75, 3.05) is 44.8 Å². The quantitative estimate of drug-likeness (QED) is 0.844. The lowest BCUT2D eigenvalue weighted by Gasteiger charge is -2.35. The van der Waals surface area contributed by atoms with Crippen molar-refractivity contribution >= 4 is 11.8 Å². The van der Waals surface area contributed by atoms with Crippen LogP contribution in [0.15, 0.2) is 18.3 Å². The zero-order valence-corrected chi connectivity index (χ0v) is 16.0. The summed E-state index contributed by atoms with van der Waals surface area (Å²) in [4.78, 5) is 20.1. The number of nitrogens with zero attached hydrogens (tertiary/aromatic N) is 3. The first-order valence-electron chi connectivity index (χ1n) is 9.70. The standard InChI is InChI=1S/C19H27F3N4O2/c1-25(17-12-15(2-7-23-17)19(20,21)22)13-14-3-8-26(9-4-14)18(27)24-16-5-10-28-11-6-16/h2,7,12,14,16H,3-6,8-11,13H2,1H3,(H,24,27). The summed E-state index contributed by atoms with van der Waals surface area (Å²) in [7, 11) is 1.76. The van der Waals surface area contributed by atoms with Gasteiger partial charge < -0.3 is 19.9 Å². The molecular formula is C19H27F3N4O2. The molecule has 0 spiro atoms. The van der Waals surface area contributed by atoms with Crippen molar-refractivity contribution in [1.29, 1.82) is 0 Å². The molecule has 0 aromatic carbocycles. The van der Waals surface area contributed by atoms with Gasteiger partial charge >= 0.3 is 12.2 Å². The average molecular weight is 400 g/mol. The van der Waals surface area contributed by atoms with E-state index in [1.165, 1.54) is 6.20 Å². The highest BCUT2D eigenvalue weighted by atomic mass is 19.4. The van der Waals surface area contributed by atoms with Crippen LogP contribution >= 0.6 is 0 Å². The van der Waals surface area contributed by atoms with Gasteiger partial charge in [-0.25, -0.2) is 9.78 Å². The van der Waals surface area contributed by atoms with E-state index in [2.05, 4.69) is 10.3 Å². The number of likely N-dealkylation sites (tertiary alicyclic amines) is 1. The van der Waals surface area contributed by atoms with E-state index in [1.54, 1.807) is 11.9 Å². The van der Waals surface area contributed by atoms with Crippen LogP contribution in [0, 0.1) is 5.92 Å². The van der Waals surface area contributed by atoms with Gasteiger partial charge in [-0.3, -0.25) is 0 Å². The fraction of sp³-hybridized carbons (Fsp3) is 0.684. The lowest BCUT2D eigenvalue weighted by molar-refractivity contribution is -0.137. The van der Waals surface area contributed by atoms with E-state index in [4.69, 9.17) is 4.74 Å². The number of urea groups is 1. The third-order valence-electron chi connectivity index (χ3n) is 5.45. The van der Waals surface area contributed by atoms with Gasteiger partial charge in [0.2, 0.25) is 0 Å². The van der Waals surface area contributed by atoms with E-state index < -0.39 is 11.7 Å². The number of amides is 2. The molecule has 3 heterocycles. The third kappa shape index (κ3) is 5.50. The van der Waals surface area contributed by atoms with Crippen LogP contribution in [-0.2, 0) is 10.9 Å². The van der Waals surface area contributed by atoms with E-state index >= 15 is 0 Å². The van der Waals surface area contributed by atoms with Crippen molar-refractivity contribution in [2.45, 2.75) is 37.9 Å². The Balaban J connectivity index is 1.46. The fourth-order valence-corrected chi connectivity index (χ4v) is 3.71. The van der Waals surface area contributed by atoms with Gasteiger partial charge in [0.1, 0.15) is 5.82 Å². The molecule has 0 unspecified atom stereocenters. The van der Waals surface area contributed by atoms with Gasteiger partial charge in [-0.2, -0.15) is 13.2 Å². The van der Waals surface area contributed by atoms with E-state index in [1.807, 2.05) is 4.90 Å². The lowest BCUT2D eigenvalue weighted by atomic mass is 9.96. The first-order chi connectivity index (χ1) is 13.3. The second-order valence-electron chi connectivity index (χ2n) is 7.55. The Bertz CT molecular complexity index is 657. The monoisotopic (exact) mass is 400 g/mol. The van der Waals surface area contributed by atoms with Crippen LogP contribution in [0.1, 0.15) is 31.2 Å². The van der Waals surface area contributed by atoms with E-state index in [0.29, 0.717) is 44.6 Å². The van der Waals surface area contributed by atoms with Crippen LogP contribution in [-0.4, -0.2) is 61.9 Å². The molecule has 2 aliphatic heterocycles. The molecular weight excluding hydrogens is 373 g/mol. The van der Waals surface area contributed by atoms with Crippen molar-refractivity contribution in [3.8, 4) is 0 Å². The SMILES string of the molecule is CN(CC1CCN(C(=O)NC2CCOCC2)CC1)c1cc(C(F)(F)F)ccn1. The molecule has 0 aliphatic carbocycles. The maximum absolute atomic E-state index is 12.9. The van der Waals surface area contributed by atoms with Crippen molar-refractivity contribution < 1.29 is 22.7 Å². The molecule has 28 heavy (non-hydrogen) atoms. The highest BCUT2D eigenvalue weighted by molar-refractivity contribution is 5.74. The van der Waals surface area contributed by atoms with Crippen LogP contribution < -0.4 is 10.2 Å². The number of alkyl halides is 3. The summed E-state index contributed by atoms with van der Waals surface area (Å²) < 4.78 is 43.9. The Morgan fingerprint density at radius 3 is 2.61 bits per heavy atom. The number of anilines is 1. The van der Waals surface area contributed by atoms with Gasteiger partial charge in [0.25, 0.3) is 0 Å². The van der Waals surface area contributed by atoms with Gasteiger partial charge in [0.05, 0.1) is 5.56 Å². The number of hydrogen-bond donors (Lipinski definition) is 1. The molecule has 2 amide bonds. The lowest BCUT2D eigenvalue weighted by Crippen LogP contribution is -2.49. The Labute approximate surface area is 163 Å². The number of ether oxygens (including phenoxy) is 1. The summed E-state index contributed by atoms with van der Waals surface area (Å²) in [5.74, 6) is 0.628. The summed E-state index contributed by atoms with van der Waals surface area (Å²) >= 11 is 0. The second kappa shape index (κ2) is 8.98. The van der Waals surface area contributed by atoms with Crippen LogP contribution in [0.4, 0.5) is 23.8 Å². The summed E-state index contributed by atoms with van der Waals surface area (Å²) in [5.41, 5.74) is -0.691. The molecule has 0 saturated carbocycles. The molecule has 1 aromatic heterocycles. The van der Waals surface area contributed by atoms with Crippen LogP contribution in [0.2, 0.25) is 0 Å². The van der Waals surface area contributed by atoms with Crippen LogP contribution in [0.5, 0.6) is 0 Å². The number of nitrogens with one attached hydrogen (secondary N) is 1. The van der Waals surface area contributed by atoms with Crippen LogP contribution in [0.25, 0.3) is 0 Å². The maximum Gasteiger partial charge on any atom is 0.416 e. The highest BCUT2D eigenvalue weighted by Gasteiger charge is 2.31. The van der Waals surface area contributed by atoms with E-state index in [9.17, 15) is 18.0 Å². The summed E-state index contributed by atoms with van der Waals surface area (Å²) in [6.45, 7) is 3.29. The first-order valence-corrected chi connectivity index (χ1v) is 9.70. The number of aromatic nitrogens is 1. The van der Waals surface area contributed by atoms with Crippen molar-refractivity contribution in [3.05, 3.63) is 23.9 Å². The number of carbonyl (C=O) groups is 1. The molecule has 0 bridgehead atoms. The number of rotatable bonds is 4. The maximum atomic E-state index is 12.9. The minimum atomic E-state index is -4.37. The molecule has 2 fully saturated rings. The van der Waals surface area contributed by atoms with Crippen molar-refractivity contribution in [2.24, 2.45) is 5.92 Å².